The molecule has 0 fully saturated rings. The number of hydrogen-bond acceptors (Lipinski definition) is 0. The fraction of sp³-hybridized carbons (Fsp3) is 0.294. The molecule has 1 heteroatoms. The highest BCUT2D eigenvalue weighted by atomic mass is 14.9. The quantitative estimate of drug-likeness (QED) is 0.691. The summed E-state index contributed by atoms with van der Waals surface area (Å²) in [5.41, 5.74) is 3.88. The highest BCUT2D eigenvalue weighted by molar-refractivity contribution is 5.91. The second kappa shape index (κ2) is 5.60. The smallest absolute Gasteiger partial charge is 0.0500 e. The number of aryl methyl sites for hydroxylation is 1. The van der Waals surface area contributed by atoms with E-state index in [9.17, 15) is 0 Å². The van der Waals surface area contributed by atoms with E-state index in [4.69, 9.17) is 0 Å². The Balaban J connectivity index is 2.62. The Morgan fingerprint density at radius 3 is 2.72 bits per heavy atom. The van der Waals surface area contributed by atoms with Gasteiger partial charge in [0.2, 0.25) is 0 Å². The predicted octanol–water partition coefficient (Wildman–Crippen LogP) is 4.17. The molecule has 1 aromatic heterocycles. The average Bonchev–Trinajstić information content (AvgIpc) is 2.66. The first-order valence-corrected chi connectivity index (χ1v) is 6.44. The van der Waals surface area contributed by atoms with Gasteiger partial charge in [-0.3, -0.25) is 0 Å². The first-order chi connectivity index (χ1) is 8.79. The molecule has 2 aromatic rings. The van der Waals surface area contributed by atoms with E-state index in [1.165, 1.54) is 22.2 Å². The number of fused-ring (bicyclic) bond motifs is 1. The summed E-state index contributed by atoms with van der Waals surface area (Å²) < 4.78 is 2.26. The number of nitrogens with zero attached hydrogens (tertiary/aromatic N) is 1. The molecular formula is C17H19N. The highest BCUT2D eigenvalue weighted by Crippen LogP contribution is 2.26. The summed E-state index contributed by atoms with van der Waals surface area (Å²) in [6.07, 6.45) is 6.02. The lowest BCUT2D eigenvalue weighted by Gasteiger charge is -2.01. The summed E-state index contributed by atoms with van der Waals surface area (Å²) in [4.78, 5) is 0. The minimum absolute atomic E-state index is 0.818. The van der Waals surface area contributed by atoms with Crippen molar-refractivity contribution >= 4 is 17.0 Å². The number of rotatable bonds is 2. The molecule has 0 amide bonds. The van der Waals surface area contributed by atoms with Crippen LogP contribution in [0.3, 0.4) is 0 Å². The van der Waals surface area contributed by atoms with E-state index in [1.807, 2.05) is 0 Å². The minimum Gasteiger partial charge on any atom is -0.346 e. The molecule has 1 aromatic carbocycles. The summed E-state index contributed by atoms with van der Waals surface area (Å²) in [5.74, 6) is 6.40. The lowest BCUT2D eigenvalue weighted by molar-refractivity contribution is 0.893. The van der Waals surface area contributed by atoms with Crippen molar-refractivity contribution in [3.8, 4) is 11.8 Å². The van der Waals surface area contributed by atoms with Crippen LogP contribution < -0.4 is 0 Å². The van der Waals surface area contributed by atoms with Gasteiger partial charge >= 0.3 is 0 Å². The monoisotopic (exact) mass is 237 g/mol. The minimum atomic E-state index is 0.818. The lowest BCUT2D eigenvalue weighted by Crippen LogP contribution is -1.96. The van der Waals surface area contributed by atoms with Crippen molar-refractivity contribution in [3.05, 3.63) is 41.6 Å². The summed E-state index contributed by atoms with van der Waals surface area (Å²) >= 11 is 0. The third-order valence-corrected chi connectivity index (χ3v) is 3.16. The van der Waals surface area contributed by atoms with Crippen LogP contribution in [0.2, 0.25) is 0 Å². The summed E-state index contributed by atoms with van der Waals surface area (Å²) in [5, 5.41) is 1.31. The molecule has 92 valence electrons. The van der Waals surface area contributed by atoms with E-state index < -0.39 is 0 Å². The van der Waals surface area contributed by atoms with E-state index in [2.05, 4.69) is 73.7 Å². The molecule has 18 heavy (non-hydrogen) atoms. The standard InChI is InChI=1S/C17H19N/c1-4-6-7-12-16-14(10-5-2)15-11-8-9-13-17(15)18(16)3/h5,8-11,13H,4,12H2,1-3H3/b10-5-. The Kier molecular flexibility index (Phi) is 3.89. The van der Waals surface area contributed by atoms with Crippen LogP contribution in [0.15, 0.2) is 30.3 Å². The molecule has 0 unspecified atom stereocenters. The van der Waals surface area contributed by atoms with E-state index in [1.54, 1.807) is 0 Å². The molecular weight excluding hydrogens is 218 g/mol. The Bertz CT molecular complexity index is 633. The second-order valence-corrected chi connectivity index (χ2v) is 4.32. The third-order valence-electron chi connectivity index (χ3n) is 3.16. The Morgan fingerprint density at radius 1 is 1.22 bits per heavy atom. The van der Waals surface area contributed by atoms with Gasteiger partial charge in [-0.15, -0.1) is 5.92 Å². The van der Waals surface area contributed by atoms with Crippen molar-refractivity contribution in [3.63, 3.8) is 0 Å². The third kappa shape index (κ3) is 2.19. The molecule has 0 saturated carbocycles. The van der Waals surface area contributed by atoms with Crippen LogP contribution >= 0.6 is 0 Å². The van der Waals surface area contributed by atoms with E-state index >= 15 is 0 Å². The fourth-order valence-corrected chi connectivity index (χ4v) is 2.31. The maximum Gasteiger partial charge on any atom is 0.0500 e. The lowest BCUT2D eigenvalue weighted by atomic mass is 10.1. The zero-order valence-electron chi connectivity index (χ0n) is 11.3. The maximum atomic E-state index is 3.25. The van der Waals surface area contributed by atoms with Gasteiger partial charge < -0.3 is 4.57 Å². The molecule has 0 spiro atoms. The second-order valence-electron chi connectivity index (χ2n) is 4.32. The van der Waals surface area contributed by atoms with Gasteiger partial charge in [0.25, 0.3) is 0 Å². The van der Waals surface area contributed by atoms with Crippen LogP contribution in [-0.4, -0.2) is 4.57 Å². The van der Waals surface area contributed by atoms with Crippen molar-refractivity contribution in [1.29, 1.82) is 0 Å². The van der Waals surface area contributed by atoms with Crippen molar-refractivity contribution in [2.45, 2.75) is 26.7 Å². The van der Waals surface area contributed by atoms with Crippen molar-refractivity contribution < 1.29 is 0 Å². The van der Waals surface area contributed by atoms with Crippen LogP contribution in [0.1, 0.15) is 31.5 Å². The van der Waals surface area contributed by atoms with Gasteiger partial charge in [-0.1, -0.05) is 43.2 Å². The Hall–Kier alpha value is -1.94. The van der Waals surface area contributed by atoms with Gasteiger partial charge in [0.1, 0.15) is 0 Å². The van der Waals surface area contributed by atoms with Gasteiger partial charge in [0.15, 0.2) is 0 Å². The number of allylic oxidation sites excluding steroid dienone is 1. The van der Waals surface area contributed by atoms with Gasteiger partial charge in [-0.05, 0) is 13.0 Å². The van der Waals surface area contributed by atoms with Gasteiger partial charge in [-0.25, -0.2) is 0 Å². The number of benzene rings is 1. The predicted molar refractivity (Wildman–Crippen MR) is 79.4 cm³/mol. The first-order valence-electron chi connectivity index (χ1n) is 6.44. The zero-order chi connectivity index (χ0) is 13.0. The van der Waals surface area contributed by atoms with Crippen molar-refractivity contribution in [1.82, 2.24) is 4.57 Å². The SMILES string of the molecule is C/C=C\c1c(CC#CCC)n(C)c2ccccc12. The largest absolute Gasteiger partial charge is 0.346 e. The van der Waals surface area contributed by atoms with E-state index in [0.717, 1.165) is 12.8 Å². The zero-order valence-corrected chi connectivity index (χ0v) is 11.3. The molecule has 2 rings (SSSR count). The van der Waals surface area contributed by atoms with Crippen LogP contribution in [0.25, 0.3) is 17.0 Å². The van der Waals surface area contributed by atoms with Crippen molar-refractivity contribution in [2.24, 2.45) is 7.05 Å². The summed E-state index contributed by atoms with van der Waals surface area (Å²) in [6, 6.07) is 8.53. The van der Waals surface area contributed by atoms with Crippen LogP contribution in [0.4, 0.5) is 0 Å². The summed E-state index contributed by atoms with van der Waals surface area (Å²) in [6.45, 7) is 4.14. The van der Waals surface area contributed by atoms with Crippen LogP contribution in [-0.2, 0) is 13.5 Å². The van der Waals surface area contributed by atoms with Crippen LogP contribution in [0.5, 0.6) is 0 Å². The maximum absolute atomic E-state index is 3.25. The fourth-order valence-electron chi connectivity index (χ4n) is 2.31. The molecule has 0 atom stereocenters. The Labute approximate surface area is 109 Å². The molecule has 0 saturated heterocycles. The highest BCUT2D eigenvalue weighted by Gasteiger charge is 2.11. The molecule has 0 aliphatic carbocycles. The van der Waals surface area contributed by atoms with Crippen LogP contribution in [0, 0.1) is 11.8 Å². The molecule has 0 bridgehead atoms. The van der Waals surface area contributed by atoms with E-state index in [0.29, 0.717) is 0 Å². The number of para-hydroxylation sites is 1. The number of aromatic nitrogens is 1. The number of hydrogen-bond donors (Lipinski definition) is 0. The molecule has 1 heterocycles. The average molecular weight is 237 g/mol. The molecule has 0 aliphatic heterocycles. The van der Waals surface area contributed by atoms with Gasteiger partial charge in [0, 0.05) is 42.0 Å². The van der Waals surface area contributed by atoms with Gasteiger partial charge in [-0.2, -0.15) is 0 Å². The van der Waals surface area contributed by atoms with E-state index in [-0.39, 0.29) is 0 Å². The normalized spacial score (nSPS) is 10.8. The van der Waals surface area contributed by atoms with Gasteiger partial charge in [0.05, 0.1) is 0 Å². The molecule has 0 N–H and O–H groups in total. The summed E-state index contributed by atoms with van der Waals surface area (Å²) in [7, 11) is 2.12. The van der Waals surface area contributed by atoms with Crippen molar-refractivity contribution in [2.75, 3.05) is 0 Å². The molecule has 1 nitrogen and oxygen atoms in total. The topological polar surface area (TPSA) is 4.93 Å². The first kappa shape index (κ1) is 12.5. The molecule has 0 aliphatic rings. The Morgan fingerprint density at radius 2 is 2.00 bits per heavy atom. The molecule has 0 radical (unpaired) electrons.